The molecule has 1 N–H and O–H groups in total. The monoisotopic (exact) mass is 291 g/mol. The van der Waals surface area contributed by atoms with E-state index in [4.69, 9.17) is 0 Å². The number of nitrogens with one attached hydrogen (secondary N) is 1. The van der Waals surface area contributed by atoms with Crippen LogP contribution in [0.25, 0.3) is 0 Å². The number of halogens is 2. The molecule has 2 atom stereocenters. The van der Waals surface area contributed by atoms with Crippen LogP contribution in [0.5, 0.6) is 0 Å². The maximum Gasteiger partial charge on any atom is 0.128 e. The van der Waals surface area contributed by atoms with Gasteiger partial charge in [-0.2, -0.15) is 0 Å². The molecule has 0 spiro atoms. The van der Waals surface area contributed by atoms with Crippen LogP contribution in [0.4, 0.5) is 8.78 Å². The number of rotatable bonds is 4. The molecule has 0 amide bonds. The second kappa shape index (κ2) is 5.93. The van der Waals surface area contributed by atoms with Crippen LogP contribution in [-0.2, 0) is 6.54 Å². The van der Waals surface area contributed by atoms with E-state index in [1.807, 2.05) is 19.3 Å². The summed E-state index contributed by atoms with van der Waals surface area (Å²) in [4.78, 5) is 4.41. The molecule has 112 valence electrons. The number of fused-ring (bicyclic) bond motifs is 1. The number of benzene rings is 1. The standard InChI is InChI=1S/C16H19F2N3/c1-11(14-9-13(17)4-5-15(14)18)20-10-12-3-2-7-21-8-6-19-16(12)21/h4-6,8-9,11-12,20H,2-3,7,10H2,1H3. The first-order chi connectivity index (χ1) is 10.1. The first-order valence-corrected chi connectivity index (χ1v) is 7.34. The Balaban J connectivity index is 1.67. The van der Waals surface area contributed by atoms with Crippen LogP contribution in [0.15, 0.2) is 30.6 Å². The van der Waals surface area contributed by atoms with Crippen molar-refractivity contribution >= 4 is 0 Å². The largest absolute Gasteiger partial charge is 0.335 e. The second-order valence-corrected chi connectivity index (χ2v) is 5.61. The lowest BCUT2D eigenvalue weighted by Crippen LogP contribution is -2.29. The minimum Gasteiger partial charge on any atom is -0.335 e. The highest BCUT2D eigenvalue weighted by Gasteiger charge is 2.22. The highest BCUT2D eigenvalue weighted by molar-refractivity contribution is 5.22. The number of aryl methyl sites for hydroxylation is 1. The highest BCUT2D eigenvalue weighted by atomic mass is 19.1. The summed E-state index contributed by atoms with van der Waals surface area (Å²) in [6.07, 6.45) is 6.02. The molecule has 21 heavy (non-hydrogen) atoms. The predicted molar refractivity (Wildman–Crippen MR) is 77.0 cm³/mol. The van der Waals surface area contributed by atoms with Gasteiger partial charge in [-0.25, -0.2) is 13.8 Å². The highest BCUT2D eigenvalue weighted by Crippen LogP contribution is 2.26. The van der Waals surface area contributed by atoms with Gasteiger partial charge in [0.25, 0.3) is 0 Å². The molecule has 1 aliphatic heterocycles. The van der Waals surface area contributed by atoms with Gasteiger partial charge in [0.05, 0.1) is 0 Å². The molecule has 1 aliphatic rings. The number of nitrogens with zero attached hydrogens (tertiary/aromatic N) is 2. The van der Waals surface area contributed by atoms with Gasteiger partial charge in [0.1, 0.15) is 17.5 Å². The SMILES string of the molecule is CC(NCC1CCCn2ccnc21)c1cc(F)ccc1F. The molecule has 2 aromatic rings. The van der Waals surface area contributed by atoms with Crippen LogP contribution >= 0.6 is 0 Å². The molecule has 0 saturated carbocycles. The Morgan fingerprint density at radius 3 is 3.14 bits per heavy atom. The zero-order valence-corrected chi connectivity index (χ0v) is 12.0. The molecule has 2 unspecified atom stereocenters. The summed E-state index contributed by atoms with van der Waals surface area (Å²) >= 11 is 0. The minimum absolute atomic E-state index is 0.231. The van der Waals surface area contributed by atoms with Crippen molar-refractivity contribution < 1.29 is 8.78 Å². The maximum atomic E-state index is 13.8. The summed E-state index contributed by atoms with van der Waals surface area (Å²) in [5.41, 5.74) is 0.370. The predicted octanol–water partition coefficient (Wildman–Crippen LogP) is 3.39. The molecule has 3 nitrogen and oxygen atoms in total. The van der Waals surface area contributed by atoms with Crippen molar-refractivity contribution in [2.75, 3.05) is 6.54 Å². The molecule has 1 aromatic heterocycles. The third-order valence-electron chi connectivity index (χ3n) is 4.16. The van der Waals surface area contributed by atoms with Crippen LogP contribution < -0.4 is 5.32 Å². The number of imidazole rings is 1. The van der Waals surface area contributed by atoms with E-state index in [0.717, 1.165) is 31.3 Å². The molecule has 0 aliphatic carbocycles. The summed E-state index contributed by atoms with van der Waals surface area (Å²) in [5, 5.41) is 3.31. The first-order valence-electron chi connectivity index (χ1n) is 7.34. The molecule has 0 radical (unpaired) electrons. The zero-order valence-electron chi connectivity index (χ0n) is 12.0. The summed E-state index contributed by atoms with van der Waals surface area (Å²) < 4.78 is 29.2. The van der Waals surface area contributed by atoms with Gasteiger partial charge in [0.2, 0.25) is 0 Å². The first kappa shape index (κ1) is 14.2. The van der Waals surface area contributed by atoms with Crippen molar-refractivity contribution in [1.82, 2.24) is 14.9 Å². The van der Waals surface area contributed by atoms with E-state index in [1.54, 1.807) is 0 Å². The van der Waals surface area contributed by atoms with Gasteiger partial charge in [-0.1, -0.05) is 0 Å². The Kier molecular flexibility index (Phi) is 4.01. The van der Waals surface area contributed by atoms with Gasteiger partial charge >= 0.3 is 0 Å². The second-order valence-electron chi connectivity index (χ2n) is 5.61. The zero-order chi connectivity index (χ0) is 14.8. The fourth-order valence-corrected chi connectivity index (χ4v) is 2.98. The van der Waals surface area contributed by atoms with E-state index < -0.39 is 5.82 Å². The molecule has 3 rings (SSSR count). The number of aromatic nitrogens is 2. The Bertz CT molecular complexity index is 624. The van der Waals surface area contributed by atoms with Crippen LogP contribution in [0.3, 0.4) is 0 Å². The van der Waals surface area contributed by atoms with Crippen LogP contribution in [-0.4, -0.2) is 16.1 Å². The molecular formula is C16H19F2N3. The van der Waals surface area contributed by atoms with Crippen LogP contribution in [0.1, 0.15) is 43.1 Å². The van der Waals surface area contributed by atoms with Crippen molar-refractivity contribution in [2.24, 2.45) is 0 Å². The summed E-state index contributed by atoms with van der Waals surface area (Å²) in [6.45, 7) is 3.58. The number of hydrogen-bond donors (Lipinski definition) is 1. The average Bonchev–Trinajstić information content (AvgIpc) is 2.96. The van der Waals surface area contributed by atoms with Crippen molar-refractivity contribution in [3.05, 3.63) is 53.6 Å². The van der Waals surface area contributed by atoms with E-state index in [1.165, 1.54) is 12.1 Å². The van der Waals surface area contributed by atoms with Gasteiger partial charge in [0.15, 0.2) is 0 Å². The molecule has 5 heteroatoms. The Morgan fingerprint density at radius 1 is 1.43 bits per heavy atom. The van der Waals surface area contributed by atoms with E-state index in [2.05, 4.69) is 14.9 Å². The van der Waals surface area contributed by atoms with E-state index in [9.17, 15) is 8.78 Å². The van der Waals surface area contributed by atoms with Crippen LogP contribution in [0, 0.1) is 11.6 Å². The summed E-state index contributed by atoms with van der Waals surface area (Å²) in [5.74, 6) is 0.628. The van der Waals surface area contributed by atoms with Gasteiger partial charge in [-0.15, -0.1) is 0 Å². The van der Waals surface area contributed by atoms with Crippen molar-refractivity contribution in [1.29, 1.82) is 0 Å². The lowest BCUT2D eigenvalue weighted by molar-refractivity contribution is 0.404. The molecular weight excluding hydrogens is 272 g/mol. The fourth-order valence-electron chi connectivity index (χ4n) is 2.98. The van der Waals surface area contributed by atoms with E-state index >= 15 is 0 Å². The lowest BCUT2D eigenvalue weighted by atomic mass is 9.98. The lowest BCUT2D eigenvalue weighted by Gasteiger charge is -2.25. The van der Waals surface area contributed by atoms with Gasteiger partial charge in [-0.05, 0) is 38.0 Å². The van der Waals surface area contributed by atoms with Gasteiger partial charge in [-0.3, -0.25) is 0 Å². The smallest absolute Gasteiger partial charge is 0.128 e. The molecule has 0 bridgehead atoms. The van der Waals surface area contributed by atoms with Crippen molar-refractivity contribution in [3.63, 3.8) is 0 Å². The third-order valence-corrected chi connectivity index (χ3v) is 4.16. The molecule has 0 saturated heterocycles. The molecule has 2 heterocycles. The minimum atomic E-state index is -0.409. The van der Waals surface area contributed by atoms with Gasteiger partial charge in [0, 0.05) is 43.0 Å². The van der Waals surface area contributed by atoms with Crippen molar-refractivity contribution in [3.8, 4) is 0 Å². The molecule has 1 aromatic carbocycles. The average molecular weight is 291 g/mol. The molecule has 0 fully saturated rings. The van der Waals surface area contributed by atoms with Crippen LogP contribution in [0.2, 0.25) is 0 Å². The van der Waals surface area contributed by atoms with E-state index in [-0.39, 0.29) is 11.9 Å². The summed E-state index contributed by atoms with van der Waals surface area (Å²) in [6, 6.07) is 3.35. The quantitative estimate of drug-likeness (QED) is 0.935. The Hall–Kier alpha value is -1.75. The number of hydrogen-bond acceptors (Lipinski definition) is 2. The Labute approximate surface area is 123 Å². The van der Waals surface area contributed by atoms with Gasteiger partial charge < -0.3 is 9.88 Å². The van der Waals surface area contributed by atoms with Crippen molar-refractivity contribution in [2.45, 2.75) is 38.3 Å². The topological polar surface area (TPSA) is 29.9 Å². The third kappa shape index (κ3) is 2.97. The Morgan fingerprint density at radius 2 is 2.29 bits per heavy atom. The van der Waals surface area contributed by atoms with E-state index in [0.29, 0.717) is 18.0 Å². The normalized spacial score (nSPS) is 19.3. The maximum absolute atomic E-state index is 13.8. The fraction of sp³-hybridized carbons (Fsp3) is 0.438. The summed E-state index contributed by atoms with van der Waals surface area (Å²) in [7, 11) is 0.